The number of nitrogens with one attached hydrogen (secondary N) is 2. The zero-order valence-electron chi connectivity index (χ0n) is 15.6. The zero-order valence-corrected chi connectivity index (χ0v) is 16.4. The van der Waals surface area contributed by atoms with Crippen molar-refractivity contribution in [3.63, 3.8) is 0 Å². The van der Waals surface area contributed by atoms with Crippen LogP contribution >= 0.6 is 12.2 Å². The fourth-order valence-corrected chi connectivity index (χ4v) is 3.15. The van der Waals surface area contributed by atoms with Crippen LogP contribution < -0.4 is 5.32 Å². The van der Waals surface area contributed by atoms with Crippen LogP contribution in [-0.2, 0) is 17.8 Å². The van der Waals surface area contributed by atoms with Crippen molar-refractivity contribution in [3.05, 3.63) is 70.5 Å². The van der Waals surface area contributed by atoms with Crippen molar-refractivity contribution in [1.29, 1.82) is 0 Å². The molecule has 2 N–H and O–H groups in total. The van der Waals surface area contributed by atoms with Gasteiger partial charge in [0.15, 0.2) is 10.6 Å². The first-order valence-electron chi connectivity index (χ1n) is 9.08. The molecule has 0 aliphatic heterocycles. The molecule has 0 spiro atoms. The van der Waals surface area contributed by atoms with Crippen LogP contribution in [0.1, 0.15) is 24.5 Å². The van der Waals surface area contributed by atoms with Crippen LogP contribution in [0.5, 0.6) is 0 Å². The Balaban J connectivity index is 1.61. The van der Waals surface area contributed by atoms with Gasteiger partial charge in [-0.15, -0.1) is 0 Å². The van der Waals surface area contributed by atoms with Gasteiger partial charge in [-0.3, -0.25) is 14.5 Å². The number of nitrogens with zero attached hydrogens (tertiary/aromatic N) is 2. The second kappa shape index (κ2) is 8.77. The number of aromatic amines is 1. The molecule has 1 amide bonds. The highest BCUT2D eigenvalue weighted by Gasteiger charge is 2.14. The predicted octanol–water partition coefficient (Wildman–Crippen LogP) is 4.05. The molecule has 1 aromatic heterocycles. The average Bonchev–Trinajstić information content (AvgIpc) is 3.02. The van der Waals surface area contributed by atoms with Crippen molar-refractivity contribution in [3.8, 4) is 11.4 Å². The third kappa shape index (κ3) is 5.14. The number of rotatable bonds is 7. The molecule has 140 valence electrons. The Kier molecular flexibility index (Phi) is 6.19. The predicted molar refractivity (Wildman–Crippen MR) is 110 cm³/mol. The number of carbonyl (C=O) groups is 1. The van der Waals surface area contributed by atoms with E-state index in [1.165, 1.54) is 11.1 Å². The Morgan fingerprint density at radius 2 is 1.89 bits per heavy atom. The Hall–Kier alpha value is -2.73. The number of aryl methyl sites for hydroxylation is 2. The summed E-state index contributed by atoms with van der Waals surface area (Å²) in [5, 5.41) is 10.1. The maximum absolute atomic E-state index is 12.5. The van der Waals surface area contributed by atoms with Crippen molar-refractivity contribution in [2.45, 2.75) is 39.3 Å². The lowest BCUT2D eigenvalue weighted by atomic mass is 10.1. The van der Waals surface area contributed by atoms with Gasteiger partial charge in [0.2, 0.25) is 5.91 Å². The summed E-state index contributed by atoms with van der Waals surface area (Å²) in [6, 6.07) is 18.4. The first kappa shape index (κ1) is 19.0. The number of aromatic nitrogens is 3. The molecule has 0 saturated heterocycles. The molecule has 3 rings (SSSR count). The molecular formula is C21H24N4OS. The summed E-state index contributed by atoms with van der Waals surface area (Å²) in [5.41, 5.74) is 3.37. The molecule has 27 heavy (non-hydrogen) atoms. The van der Waals surface area contributed by atoms with Crippen molar-refractivity contribution < 1.29 is 4.79 Å². The van der Waals surface area contributed by atoms with E-state index in [4.69, 9.17) is 12.2 Å². The molecule has 2 aromatic carbocycles. The SMILES string of the molecule is Cc1ccc(-c2n[nH]c(=S)n2CC(=O)NC(C)CCc2ccccc2)cc1. The van der Waals surface area contributed by atoms with E-state index in [0.29, 0.717) is 10.6 Å². The van der Waals surface area contributed by atoms with Gasteiger partial charge in [0.25, 0.3) is 0 Å². The summed E-state index contributed by atoms with van der Waals surface area (Å²) < 4.78 is 2.18. The fraction of sp³-hybridized carbons (Fsp3) is 0.286. The minimum Gasteiger partial charge on any atom is -0.352 e. The Labute approximate surface area is 164 Å². The maximum atomic E-state index is 12.5. The Bertz CT molecular complexity index is 944. The van der Waals surface area contributed by atoms with Gasteiger partial charge in [0.05, 0.1) is 0 Å². The zero-order chi connectivity index (χ0) is 19.2. The first-order valence-corrected chi connectivity index (χ1v) is 9.49. The summed E-state index contributed by atoms with van der Waals surface area (Å²) >= 11 is 5.31. The van der Waals surface area contributed by atoms with Crippen LogP contribution in [0.4, 0.5) is 0 Å². The van der Waals surface area contributed by atoms with E-state index in [9.17, 15) is 4.79 Å². The highest BCUT2D eigenvalue weighted by Crippen LogP contribution is 2.17. The molecule has 0 aliphatic carbocycles. The normalized spacial score (nSPS) is 11.9. The summed E-state index contributed by atoms with van der Waals surface area (Å²) in [5.74, 6) is 0.605. The molecule has 1 atom stereocenters. The van der Waals surface area contributed by atoms with Crippen LogP contribution in [0.3, 0.4) is 0 Å². The van der Waals surface area contributed by atoms with Gasteiger partial charge in [-0.1, -0.05) is 60.2 Å². The van der Waals surface area contributed by atoms with E-state index < -0.39 is 0 Å². The molecule has 1 heterocycles. The van der Waals surface area contributed by atoms with Gasteiger partial charge in [-0.2, -0.15) is 5.10 Å². The molecule has 0 aliphatic rings. The summed E-state index contributed by atoms with van der Waals surface area (Å²) in [6.07, 6.45) is 1.82. The number of hydrogen-bond donors (Lipinski definition) is 2. The molecule has 0 bridgehead atoms. The second-order valence-corrected chi connectivity index (χ2v) is 7.18. The van der Waals surface area contributed by atoms with E-state index in [1.54, 1.807) is 4.57 Å². The first-order chi connectivity index (χ1) is 13.0. The lowest BCUT2D eigenvalue weighted by molar-refractivity contribution is -0.122. The fourth-order valence-electron chi connectivity index (χ4n) is 2.95. The van der Waals surface area contributed by atoms with E-state index in [2.05, 4.69) is 27.6 Å². The van der Waals surface area contributed by atoms with Gasteiger partial charge < -0.3 is 5.32 Å². The van der Waals surface area contributed by atoms with Crippen LogP contribution in [0, 0.1) is 11.7 Å². The molecule has 1 unspecified atom stereocenters. The van der Waals surface area contributed by atoms with Crippen molar-refractivity contribution in [2.75, 3.05) is 0 Å². The van der Waals surface area contributed by atoms with Gasteiger partial charge in [-0.05, 0) is 44.5 Å². The van der Waals surface area contributed by atoms with E-state index in [0.717, 1.165) is 18.4 Å². The monoisotopic (exact) mass is 380 g/mol. The quantitative estimate of drug-likeness (QED) is 0.608. The molecule has 0 saturated carbocycles. The van der Waals surface area contributed by atoms with Crippen molar-refractivity contribution >= 4 is 18.1 Å². The van der Waals surface area contributed by atoms with Gasteiger partial charge in [0, 0.05) is 11.6 Å². The van der Waals surface area contributed by atoms with Crippen LogP contribution in [0.2, 0.25) is 0 Å². The minimum atomic E-state index is -0.0681. The van der Waals surface area contributed by atoms with Gasteiger partial charge >= 0.3 is 0 Å². The minimum absolute atomic E-state index is 0.0681. The lowest BCUT2D eigenvalue weighted by Crippen LogP contribution is -2.35. The molecule has 3 aromatic rings. The second-order valence-electron chi connectivity index (χ2n) is 6.80. The standard InChI is InChI=1S/C21H24N4OS/c1-15-8-12-18(13-9-15)20-23-24-21(27)25(20)14-19(26)22-16(2)10-11-17-6-4-3-5-7-17/h3-9,12-13,16H,10-11,14H2,1-2H3,(H,22,26)(H,24,27). The third-order valence-electron chi connectivity index (χ3n) is 4.49. The van der Waals surface area contributed by atoms with E-state index >= 15 is 0 Å². The number of hydrogen-bond acceptors (Lipinski definition) is 3. The summed E-state index contributed by atoms with van der Waals surface area (Å²) in [7, 11) is 0. The largest absolute Gasteiger partial charge is 0.352 e. The summed E-state index contributed by atoms with van der Waals surface area (Å²) in [6.45, 7) is 4.20. The Morgan fingerprint density at radius 3 is 2.59 bits per heavy atom. The number of benzene rings is 2. The van der Waals surface area contributed by atoms with Gasteiger partial charge in [0.1, 0.15) is 6.54 Å². The number of amides is 1. The topological polar surface area (TPSA) is 62.7 Å². The summed E-state index contributed by atoms with van der Waals surface area (Å²) in [4.78, 5) is 12.5. The van der Waals surface area contributed by atoms with Crippen molar-refractivity contribution in [1.82, 2.24) is 20.1 Å². The highest BCUT2D eigenvalue weighted by atomic mass is 32.1. The third-order valence-corrected chi connectivity index (χ3v) is 4.80. The molecular weight excluding hydrogens is 356 g/mol. The van der Waals surface area contributed by atoms with E-state index in [1.807, 2.05) is 56.3 Å². The lowest BCUT2D eigenvalue weighted by Gasteiger charge is -2.15. The highest BCUT2D eigenvalue weighted by molar-refractivity contribution is 7.71. The van der Waals surface area contributed by atoms with E-state index in [-0.39, 0.29) is 18.5 Å². The number of carbonyl (C=O) groups excluding carboxylic acids is 1. The smallest absolute Gasteiger partial charge is 0.240 e. The molecule has 0 radical (unpaired) electrons. The van der Waals surface area contributed by atoms with Crippen LogP contribution in [-0.4, -0.2) is 26.7 Å². The molecule has 6 heteroatoms. The van der Waals surface area contributed by atoms with Crippen LogP contribution in [0.25, 0.3) is 11.4 Å². The maximum Gasteiger partial charge on any atom is 0.240 e. The molecule has 5 nitrogen and oxygen atoms in total. The Morgan fingerprint density at radius 1 is 1.19 bits per heavy atom. The van der Waals surface area contributed by atoms with Crippen LogP contribution in [0.15, 0.2) is 54.6 Å². The van der Waals surface area contributed by atoms with Crippen molar-refractivity contribution in [2.24, 2.45) is 0 Å². The van der Waals surface area contributed by atoms with Gasteiger partial charge in [-0.25, -0.2) is 0 Å². The average molecular weight is 381 g/mol. The number of H-pyrrole nitrogens is 1. The molecule has 0 fully saturated rings.